The molecular weight excluding hydrogens is 776 g/mol. The second-order valence-electron chi connectivity index (χ2n) is 6.35. The summed E-state index contributed by atoms with van der Waals surface area (Å²) in [6.07, 6.45) is 1.45. The molecule has 0 amide bonds. The molecule has 0 saturated heterocycles. The Labute approximate surface area is 260 Å². The van der Waals surface area contributed by atoms with Crippen LogP contribution >= 0.6 is 73.6 Å². The van der Waals surface area contributed by atoms with Gasteiger partial charge in [0, 0.05) is 11.9 Å². The number of allylic oxidation sites excluding steroid dienone is 1. The van der Waals surface area contributed by atoms with Crippen molar-refractivity contribution in [3.05, 3.63) is 71.1 Å². The largest absolute Gasteiger partial charge is 0.403 e. The van der Waals surface area contributed by atoms with Crippen molar-refractivity contribution in [2.24, 2.45) is 0 Å². The molecule has 0 radical (unpaired) electrons. The van der Waals surface area contributed by atoms with Crippen molar-refractivity contribution in [1.82, 2.24) is 4.90 Å². The Balaban J connectivity index is -0.0000000455. The first-order chi connectivity index (χ1) is 16.5. The van der Waals surface area contributed by atoms with Crippen LogP contribution in [0.2, 0.25) is 0 Å². The van der Waals surface area contributed by atoms with E-state index in [1.807, 2.05) is 31.9 Å². The summed E-state index contributed by atoms with van der Waals surface area (Å²) >= 11 is 12.6. The van der Waals surface area contributed by atoms with Gasteiger partial charge in [0.25, 0.3) is 0 Å². The fraction of sp³-hybridized carbons (Fsp3) is 0.522. The first kappa shape index (κ1) is 56.5. The minimum atomic E-state index is -2.03. The number of likely N-dealkylation sites (N-methyl/N-ethyl adjacent to an activating group) is 1. The lowest BCUT2D eigenvalue weighted by atomic mass is 10.5. The van der Waals surface area contributed by atoms with Gasteiger partial charge in [-0.3, -0.25) is 0 Å². The third-order valence-electron chi connectivity index (χ3n) is 1.76. The molecule has 0 aromatic rings. The molecule has 0 aromatic carbocycles. The minimum absolute atomic E-state index is 0. The van der Waals surface area contributed by atoms with Gasteiger partial charge in [0.2, 0.25) is 0 Å². The molecular formula is C23H41Br4N5O3P2. The first-order valence-electron chi connectivity index (χ1n) is 9.44. The van der Waals surface area contributed by atoms with Crippen LogP contribution in [0, 0.1) is 31.0 Å². The van der Waals surface area contributed by atoms with Gasteiger partial charge in [-0.25, -0.2) is 14.5 Å². The van der Waals surface area contributed by atoms with Crippen LogP contribution in [-0.2, 0) is 9.36 Å². The fourth-order valence-corrected chi connectivity index (χ4v) is 1.10. The van der Waals surface area contributed by atoms with Crippen LogP contribution in [0.3, 0.4) is 0 Å². The van der Waals surface area contributed by atoms with Gasteiger partial charge < -0.3 is 19.4 Å². The number of hydrogen-bond acceptors (Lipinski definition) is 5. The van der Waals surface area contributed by atoms with E-state index in [2.05, 4.69) is 111 Å². The molecule has 0 heterocycles. The molecule has 0 aromatic heterocycles. The molecule has 0 rings (SSSR count). The van der Waals surface area contributed by atoms with Crippen molar-refractivity contribution >= 4 is 80.4 Å². The summed E-state index contributed by atoms with van der Waals surface area (Å²) in [5, 5.41) is 16.6. The molecule has 0 unspecified atom stereocenters. The topological polar surface area (TPSA) is 94.5 Å². The maximum absolute atomic E-state index is 10.6. The van der Waals surface area contributed by atoms with E-state index < -0.39 is 7.14 Å². The van der Waals surface area contributed by atoms with Crippen LogP contribution in [0.1, 0.15) is 27.7 Å². The van der Waals surface area contributed by atoms with E-state index in [0.29, 0.717) is 23.3 Å². The van der Waals surface area contributed by atoms with Gasteiger partial charge in [-0.2, -0.15) is 5.26 Å². The smallest absolute Gasteiger partial charge is 0.183 e. The molecule has 37 heavy (non-hydrogen) atoms. The predicted octanol–water partition coefficient (Wildman–Crippen LogP) is 9.61. The normalized spacial score (nSPS) is 7.59. The van der Waals surface area contributed by atoms with E-state index in [1.54, 1.807) is 13.3 Å². The molecule has 1 N–H and O–H groups in total. The van der Waals surface area contributed by atoms with Crippen molar-refractivity contribution in [3.63, 3.8) is 0 Å². The Morgan fingerprint density at radius 3 is 1.32 bits per heavy atom. The molecule has 0 aliphatic carbocycles. The molecule has 214 valence electrons. The van der Waals surface area contributed by atoms with E-state index in [0.717, 1.165) is 0 Å². The van der Waals surface area contributed by atoms with E-state index >= 15 is 0 Å². The standard InChI is InChI=1S/C6H10N2.C4H4BrN.C4H8NOP.C4H5NO.C3H8.CH2O.CH4.Br3P/c1-6(7-2)5-8(3)4;1-4(3-5)6-2;1-7(2,6)4-3-5;1-4(3-6)5-2;1-3-2;1-2;;1-4(2)3/h1,5H2,3-4H3;1,3H2;4H2,1-2H3;6H,1,3H2;3H2,1-2H3;1H2;1H4;. The fourth-order valence-electron chi connectivity index (χ4n) is 0.636. The lowest BCUT2D eigenvalue weighted by molar-refractivity contribution is -0.0980. The highest BCUT2D eigenvalue weighted by atomic mass is 80.0. The van der Waals surface area contributed by atoms with Crippen LogP contribution in [-0.4, -0.2) is 68.9 Å². The summed E-state index contributed by atoms with van der Waals surface area (Å²) in [5.41, 5.74) is 1.33. The number of carbonyl (C=O) groups excluding carboxylic acids is 1. The Morgan fingerprint density at radius 1 is 1.00 bits per heavy atom. The molecule has 0 aliphatic heterocycles. The monoisotopic (exact) mass is 813 g/mol. The minimum Gasteiger partial charge on any atom is -0.403 e. The van der Waals surface area contributed by atoms with E-state index in [9.17, 15) is 4.57 Å². The number of halogens is 4. The molecule has 0 spiro atoms. The summed E-state index contributed by atoms with van der Waals surface area (Å²) in [7, 11) is 1.80. The summed E-state index contributed by atoms with van der Waals surface area (Å²) in [5.74, 6) is 0. The zero-order valence-electron chi connectivity index (χ0n) is 21.8. The third-order valence-corrected chi connectivity index (χ3v) is 3.31. The molecule has 0 bridgehead atoms. The second-order valence-corrected chi connectivity index (χ2v) is 25.7. The zero-order chi connectivity index (χ0) is 30.8. The van der Waals surface area contributed by atoms with E-state index in [1.165, 1.54) is 6.42 Å². The molecule has 0 aliphatic rings. The summed E-state index contributed by atoms with van der Waals surface area (Å²) in [6.45, 7) is 39.0. The summed E-state index contributed by atoms with van der Waals surface area (Å²) < 4.78 is 10.4. The van der Waals surface area contributed by atoms with Gasteiger partial charge in [0.1, 0.15) is 10.8 Å². The average molecular weight is 817 g/mol. The molecule has 14 heteroatoms. The Kier molecular flexibility index (Phi) is 74.0. The first-order valence-corrected chi connectivity index (χ1v) is 20.7. The van der Waals surface area contributed by atoms with Gasteiger partial charge in [-0.05, 0) is 73.9 Å². The predicted molar refractivity (Wildman–Crippen MR) is 180 cm³/mol. The highest BCUT2D eigenvalue weighted by Crippen LogP contribution is 2.59. The second kappa shape index (κ2) is 48.4. The Hall–Kier alpha value is -0.650. The van der Waals surface area contributed by atoms with Crippen molar-refractivity contribution in [1.29, 1.82) is 5.26 Å². The maximum Gasteiger partial charge on any atom is 0.183 e. The molecule has 0 atom stereocenters. The maximum atomic E-state index is 10.6. The van der Waals surface area contributed by atoms with Gasteiger partial charge in [0.05, 0.1) is 45.7 Å². The van der Waals surface area contributed by atoms with Crippen LogP contribution < -0.4 is 0 Å². The van der Waals surface area contributed by atoms with Crippen LogP contribution in [0.25, 0.3) is 14.5 Å². The van der Waals surface area contributed by atoms with E-state index in [4.69, 9.17) is 34.9 Å². The van der Waals surface area contributed by atoms with Crippen LogP contribution in [0.5, 0.6) is 0 Å². The van der Waals surface area contributed by atoms with Crippen LogP contribution in [0.15, 0.2) is 36.8 Å². The number of hydrogen-bond donors (Lipinski definition) is 1. The van der Waals surface area contributed by atoms with Gasteiger partial charge in [-0.1, -0.05) is 47.4 Å². The third kappa shape index (κ3) is 131. The number of aliphatic hydroxyl groups excluding tert-OH is 1. The number of nitriles is 1. The Bertz CT molecular complexity index is 736. The van der Waals surface area contributed by atoms with Crippen molar-refractivity contribution in [2.75, 3.05) is 52.1 Å². The lowest BCUT2D eigenvalue weighted by Gasteiger charge is -2.04. The summed E-state index contributed by atoms with van der Waals surface area (Å²) in [6, 6.07) is 1.84. The number of aliphatic hydroxyl groups is 1. The van der Waals surface area contributed by atoms with Crippen molar-refractivity contribution < 1.29 is 14.5 Å². The number of rotatable bonds is 5. The Morgan fingerprint density at radius 2 is 1.30 bits per heavy atom. The van der Waals surface area contributed by atoms with E-state index in [-0.39, 0.29) is 29.9 Å². The average Bonchev–Trinajstić information content (AvgIpc) is 2.79. The highest BCUT2D eigenvalue weighted by molar-refractivity contribution is 9.93. The lowest BCUT2D eigenvalue weighted by Crippen LogP contribution is -2.12. The van der Waals surface area contributed by atoms with Gasteiger partial charge in [0.15, 0.2) is 17.1 Å². The van der Waals surface area contributed by atoms with Gasteiger partial charge >= 0.3 is 0 Å². The molecule has 8 nitrogen and oxygen atoms in total. The molecule has 0 fully saturated rings. The number of nitrogens with zero attached hydrogens (tertiary/aromatic N) is 5. The van der Waals surface area contributed by atoms with Crippen molar-refractivity contribution in [3.8, 4) is 6.07 Å². The van der Waals surface area contributed by atoms with Crippen molar-refractivity contribution in [2.45, 2.75) is 27.7 Å². The van der Waals surface area contributed by atoms with Gasteiger partial charge in [-0.15, -0.1) is 15.9 Å². The quantitative estimate of drug-likeness (QED) is 0.170. The zero-order valence-corrected chi connectivity index (χ0v) is 29.9. The SMILES string of the molecule is BrP(Br)Br.C.C=O.CCC.CP(C)(=O)CC#N.[C-]#[N+]C(=C)CBr.[C-]#[N+]C(=C)CN(C)C.[C-]#[N+]C(=C)CO. The molecule has 0 saturated carbocycles. The number of alkyl halides is 1. The highest BCUT2D eigenvalue weighted by Gasteiger charge is 2.02. The number of carbonyl (C=O) groups is 1. The summed E-state index contributed by atoms with van der Waals surface area (Å²) in [4.78, 5) is 18.9. The van der Waals surface area contributed by atoms with Crippen LogP contribution in [0.4, 0.5) is 0 Å².